The minimum atomic E-state index is -3.96. The summed E-state index contributed by atoms with van der Waals surface area (Å²) < 4.78 is 28.0. The predicted octanol–water partition coefficient (Wildman–Crippen LogP) is 4.41. The molecule has 0 atom stereocenters. The van der Waals surface area contributed by atoms with Crippen LogP contribution < -0.4 is 9.73 Å². The Balaban J connectivity index is 1.93. The van der Waals surface area contributed by atoms with E-state index in [9.17, 15) is 13.2 Å². The summed E-state index contributed by atoms with van der Waals surface area (Å²) in [4.78, 5) is 13.7. The number of thiophene rings is 1. The van der Waals surface area contributed by atoms with Gasteiger partial charge in [0.15, 0.2) is 0 Å². The maximum absolute atomic E-state index is 13.5. The maximum Gasteiger partial charge on any atom is 0.264 e. The molecule has 0 radical (unpaired) electrons. The molecule has 0 aliphatic heterocycles. The molecule has 3 rings (SSSR count). The van der Waals surface area contributed by atoms with Crippen LogP contribution in [-0.2, 0) is 14.8 Å². The number of carbonyl (C=O) groups excluding carboxylic acids is 1. The average Bonchev–Trinajstić information content (AvgIpc) is 3.26. The van der Waals surface area contributed by atoms with Crippen LogP contribution in [0.3, 0.4) is 0 Å². The van der Waals surface area contributed by atoms with Gasteiger partial charge in [-0.2, -0.15) is 5.10 Å². The number of nitrogens with one attached hydrogen (secondary N) is 1. The number of hydrogen-bond donors (Lipinski definition) is 1. The molecule has 1 heterocycles. The first-order valence-corrected chi connectivity index (χ1v) is 12.0. The molecule has 1 N–H and O–H groups in total. The normalized spacial score (nSPS) is 11.9. The third kappa shape index (κ3) is 5.39. The van der Waals surface area contributed by atoms with E-state index in [4.69, 9.17) is 0 Å². The number of rotatable bonds is 7. The van der Waals surface area contributed by atoms with E-state index in [2.05, 4.69) is 10.5 Å². The molecular weight excluding hydrogens is 430 g/mol. The molecule has 2 aromatic carbocycles. The van der Waals surface area contributed by atoms with E-state index in [-0.39, 0.29) is 11.4 Å². The number of aryl methyl sites for hydroxylation is 3. The smallest absolute Gasteiger partial charge is 0.264 e. The van der Waals surface area contributed by atoms with Crippen LogP contribution in [0.5, 0.6) is 0 Å². The highest BCUT2D eigenvalue weighted by Crippen LogP contribution is 2.27. The number of amides is 1. The van der Waals surface area contributed by atoms with Crippen molar-refractivity contribution in [2.45, 2.75) is 32.6 Å². The number of hydrazone groups is 1. The second-order valence-corrected chi connectivity index (χ2v) is 10.1. The van der Waals surface area contributed by atoms with Gasteiger partial charge in [0.2, 0.25) is 0 Å². The lowest BCUT2D eigenvalue weighted by atomic mass is 10.1. The van der Waals surface area contributed by atoms with Gasteiger partial charge in [-0.15, -0.1) is 11.3 Å². The number of nitrogens with zero attached hydrogens (tertiary/aromatic N) is 2. The molecule has 162 valence electrons. The van der Waals surface area contributed by atoms with Crippen molar-refractivity contribution in [3.05, 3.63) is 81.5 Å². The largest absolute Gasteiger partial charge is 0.271 e. The summed E-state index contributed by atoms with van der Waals surface area (Å²) in [6.07, 6.45) is 0. The Labute approximate surface area is 187 Å². The summed E-state index contributed by atoms with van der Waals surface area (Å²) >= 11 is 1.51. The monoisotopic (exact) mass is 455 g/mol. The van der Waals surface area contributed by atoms with Crippen LogP contribution in [0, 0.1) is 20.8 Å². The molecule has 0 aliphatic rings. The van der Waals surface area contributed by atoms with Crippen molar-refractivity contribution in [3.63, 3.8) is 0 Å². The van der Waals surface area contributed by atoms with Crippen LogP contribution in [0.4, 0.5) is 5.69 Å². The lowest BCUT2D eigenvalue weighted by Gasteiger charge is -2.25. The molecule has 0 aliphatic carbocycles. The third-order valence-corrected chi connectivity index (χ3v) is 7.50. The molecule has 0 fully saturated rings. The second kappa shape index (κ2) is 9.45. The zero-order valence-corrected chi connectivity index (χ0v) is 19.5. The van der Waals surface area contributed by atoms with Crippen LogP contribution in [-0.4, -0.2) is 26.6 Å². The summed E-state index contributed by atoms with van der Waals surface area (Å²) in [5.74, 6) is -0.522. The van der Waals surface area contributed by atoms with Gasteiger partial charge in [0.25, 0.3) is 15.9 Å². The van der Waals surface area contributed by atoms with E-state index in [1.807, 2.05) is 50.4 Å². The van der Waals surface area contributed by atoms with Crippen molar-refractivity contribution in [1.82, 2.24) is 5.43 Å². The van der Waals surface area contributed by atoms with Crippen molar-refractivity contribution in [1.29, 1.82) is 0 Å². The molecule has 6 nitrogen and oxygen atoms in total. The molecule has 0 saturated heterocycles. The van der Waals surface area contributed by atoms with Crippen LogP contribution in [0.1, 0.15) is 28.5 Å². The first kappa shape index (κ1) is 22.7. The van der Waals surface area contributed by atoms with Gasteiger partial charge < -0.3 is 0 Å². The van der Waals surface area contributed by atoms with Crippen molar-refractivity contribution in [2.24, 2.45) is 5.10 Å². The Hall–Kier alpha value is -2.97. The first-order chi connectivity index (χ1) is 14.7. The van der Waals surface area contributed by atoms with Crippen molar-refractivity contribution in [2.75, 3.05) is 10.8 Å². The molecule has 3 aromatic rings. The Morgan fingerprint density at radius 2 is 1.71 bits per heavy atom. The molecule has 0 bridgehead atoms. The lowest BCUT2D eigenvalue weighted by molar-refractivity contribution is -0.119. The number of sulfonamides is 1. The summed E-state index contributed by atoms with van der Waals surface area (Å²) in [5, 5.41) is 6.05. The average molecular weight is 456 g/mol. The zero-order chi connectivity index (χ0) is 22.6. The SMILES string of the molecule is C/C(=N/NC(=O)CN(c1ccc(C)cc1C)S(=O)(=O)c1ccc(C)cc1)c1cccs1. The Morgan fingerprint density at radius 3 is 2.32 bits per heavy atom. The van der Waals surface area contributed by atoms with Crippen molar-refractivity contribution < 1.29 is 13.2 Å². The van der Waals surface area contributed by atoms with Gasteiger partial charge in [0, 0.05) is 4.88 Å². The minimum Gasteiger partial charge on any atom is -0.271 e. The molecule has 0 saturated carbocycles. The third-order valence-electron chi connectivity index (χ3n) is 4.74. The molecule has 1 amide bonds. The summed E-state index contributed by atoms with van der Waals surface area (Å²) in [6, 6.07) is 15.8. The van der Waals surface area contributed by atoms with Gasteiger partial charge in [-0.25, -0.2) is 13.8 Å². The highest BCUT2D eigenvalue weighted by atomic mass is 32.2. The Bertz CT molecular complexity index is 1200. The quantitative estimate of drug-likeness (QED) is 0.423. The van der Waals surface area contributed by atoms with Crippen molar-refractivity contribution >= 4 is 38.7 Å². The van der Waals surface area contributed by atoms with E-state index in [1.54, 1.807) is 37.3 Å². The van der Waals surface area contributed by atoms with Gasteiger partial charge in [0.1, 0.15) is 6.54 Å². The van der Waals surface area contributed by atoms with E-state index in [0.29, 0.717) is 11.4 Å². The van der Waals surface area contributed by atoms with E-state index < -0.39 is 15.9 Å². The number of anilines is 1. The highest BCUT2D eigenvalue weighted by molar-refractivity contribution is 7.92. The summed E-state index contributed by atoms with van der Waals surface area (Å²) in [5.41, 5.74) is 6.32. The number of benzene rings is 2. The Morgan fingerprint density at radius 1 is 1.03 bits per heavy atom. The van der Waals surface area contributed by atoms with Crippen molar-refractivity contribution in [3.8, 4) is 0 Å². The van der Waals surface area contributed by atoms with Crippen LogP contribution >= 0.6 is 11.3 Å². The predicted molar refractivity (Wildman–Crippen MR) is 126 cm³/mol. The van der Waals surface area contributed by atoms with E-state index in [1.165, 1.54) is 11.3 Å². The van der Waals surface area contributed by atoms with E-state index >= 15 is 0 Å². The summed E-state index contributed by atoms with van der Waals surface area (Å²) in [7, 11) is -3.96. The number of hydrogen-bond acceptors (Lipinski definition) is 5. The maximum atomic E-state index is 13.5. The van der Waals surface area contributed by atoms with Gasteiger partial charge in [-0.05, 0) is 62.9 Å². The molecule has 31 heavy (non-hydrogen) atoms. The molecule has 1 aromatic heterocycles. The minimum absolute atomic E-state index is 0.129. The van der Waals surface area contributed by atoms with Gasteiger partial charge in [-0.1, -0.05) is 41.5 Å². The fourth-order valence-electron chi connectivity index (χ4n) is 3.07. The molecular formula is C23H25N3O3S2. The standard InChI is InChI=1S/C23H25N3O3S2/c1-16-7-10-20(11-8-16)31(28,29)26(21-12-9-17(2)14-18(21)3)15-23(27)25-24-19(4)22-6-5-13-30-22/h5-14H,15H2,1-4H3,(H,25,27)/b24-19-. The molecule has 0 spiro atoms. The van der Waals surface area contributed by atoms with Crippen LogP contribution in [0.25, 0.3) is 0 Å². The van der Waals surface area contributed by atoms with Gasteiger partial charge >= 0.3 is 0 Å². The lowest BCUT2D eigenvalue weighted by Crippen LogP contribution is -2.40. The van der Waals surface area contributed by atoms with E-state index in [0.717, 1.165) is 25.9 Å². The Kier molecular flexibility index (Phi) is 6.92. The van der Waals surface area contributed by atoms with Gasteiger partial charge in [-0.3, -0.25) is 9.10 Å². The fraction of sp³-hybridized carbons (Fsp3) is 0.217. The molecule has 8 heteroatoms. The first-order valence-electron chi connectivity index (χ1n) is 9.72. The van der Waals surface area contributed by atoms with Crippen LogP contribution in [0.2, 0.25) is 0 Å². The topological polar surface area (TPSA) is 78.8 Å². The summed E-state index contributed by atoms with van der Waals surface area (Å²) in [6.45, 7) is 7.05. The molecule has 0 unspecified atom stereocenters. The fourth-order valence-corrected chi connectivity index (χ4v) is 5.24. The highest BCUT2D eigenvalue weighted by Gasteiger charge is 2.28. The zero-order valence-electron chi connectivity index (χ0n) is 17.9. The van der Waals surface area contributed by atoms with Crippen LogP contribution in [0.15, 0.2) is 70.0 Å². The number of carbonyl (C=O) groups is 1. The van der Waals surface area contributed by atoms with Gasteiger partial charge in [0.05, 0.1) is 16.3 Å². The second-order valence-electron chi connectivity index (χ2n) is 7.32.